The van der Waals surface area contributed by atoms with Gasteiger partial charge in [0.05, 0.1) is 37.4 Å². The summed E-state index contributed by atoms with van der Waals surface area (Å²) in [6.07, 6.45) is 2.42. The first-order valence-corrected chi connectivity index (χ1v) is 9.16. The third-order valence-corrected chi connectivity index (χ3v) is 4.91. The van der Waals surface area contributed by atoms with Crippen LogP contribution in [0, 0.1) is 0 Å². The zero-order chi connectivity index (χ0) is 19.1. The Morgan fingerprint density at radius 3 is 2.46 bits per heavy atom. The molecule has 3 aromatic heterocycles. The second-order valence-electron chi connectivity index (χ2n) is 6.84. The van der Waals surface area contributed by atoms with Gasteiger partial charge in [0.15, 0.2) is 11.6 Å². The van der Waals surface area contributed by atoms with Crippen LogP contribution in [0.4, 0.5) is 22.0 Å². The Bertz CT molecular complexity index is 1000. The molecule has 0 atom stereocenters. The van der Waals surface area contributed by atoms with Crippen LogP contribution >= 0.6 is 0 Å². The summed E-state index contributed by atoms with van der Waals surface area (Å²) >= 11 is 0. The molecule has 9 nitrogen and oxygen atoms in total. The maximum Gasteiger partial charge on any atom is 0.219 e. The molecule has 144 valence electrons. The number of ether oxygens (including phenoxy) is 1. The first kappa shape index (κ1) is 17.0. The van der Waals surface area contributed by atoms with Crippen molar-refractivity contribution in [2.45, 2.75) is 6.17 Å². The number of hydrogen-bond donors (Lipinski definition) is 1. The maximum atomic E-state index is 13.3. The number of nitrogens with two attached hydrogens (primary N) is 1. The Balaban J connectivity index is 1.63. The third-order valence-electron chi connectivity index (χ3n) is 4.91. The normalized spacial score (nSPS) is 17.8. The Labute approximate surface area is 160 Å². The number of anilines is 3. The van der Waals surface area contributed by atoms with E-state index in [4.69, 9.17) is 20.4 Å². The summed E-state index contributed by atoms with van der Waals surface area (Å²) in [5, 5.41) is 0. The summed E-state index contributed by atoms with van der Waals surface area (Å²) in [6, 6.07) is 3.77. The monoisotopic (exact) mass is 382 g/mol. The van der Waals surface area contributed by atoms with Gasteiger partial charge in [-0.15, -0.1) is 0 Å². The van der Waals surface area contributed by atoms with Gasteiger partial charge in [-0.25, -0.2) is 29.3 Å². The van der Waals surface area contributed by atoms with Crippen molar-refractivity contribution in [2.75, 3.05) is 54.9 Å². The molecule has 0 spiro atoms. The Hall–Kier alpha value is -3.14. The molecule has 0 aliphatic carbocycles. The van der Waals surface area contributed by atoms with E-state index in [9.17, 15) is 4.39 Å². The highest BCUT2D eigenvalue weighted by atomic mass is 19.1. The molecule has 0 aromatic carbocycles. The van der Waals surface area contributed by atoms with Crippen LogP contribution in [0.15, 0.2) is 24.5 Å². The van der Waals surface area contributed by atoms with Gasteiger partial charge in [0.2, 0.25) is 5.95 Å². The number of halogens is 1. The number of hydrogen-bond acceptors (Lipinski definition) is 9. The van der Waals surface area contributed by atoms with Crippen molar-refractivity contribution in [2.24, 2.45) is 0 Å². The molecule has 2 aliphatic rings. The molecule has 2 fully saturated rings. The zero-order valence-corrected chi connectivity index (χ0v) is 15.1. The first-order chi connectivity index (χ1) is 13.7. The summed E-state index contributed by atoms with van der Waals surface area (Å²) in [6.45, 7) is 3.42. The van der Waals surface area contributed by atoms with E-state index < -0.39 is 6.17 Å². The van der Waals surface area contributed by atoms with E-state index in [2.05, 4.69) is 19.9 Å². The number of aromatic nitrogens is 5. The van der Waals surface area contributed by atoms with Crippen molar-refractivity contribution >= 4 is 28.6 Å². The van der Waals surface area contributed by atoms with Crippen LogP contribution in [0.1, 0.15) is 0 Å². The quantitative estimate of drug-likeness (QED) is 0.711. The van der Waals surface area contributed by atoms with Crippen molar-refractivity contribution in [1.29, 1.82) is 0 Å². The molecule has 28 heavy (non-hydrogen) atoms. The molecule has 2 aliphatic heterocycles. The van der Waals surface area contributed by atoms with E-state index in [0.717, 1.165) is 11.6 Å². The lowest BCUT2D eigenvalue weighted by Crippen LogP contribution is -2.48. The van der Waals surface area contributed by atoms with Crippen molar-refractivity contribution in [3.05, 3.63) is 24.5 Å². The van der Waals surface area contributed by atoms with Gasteiger partial charge in [-0.2, -0.15) is 0 Å². The minimum absolute atomic E-state index is 0.199. The standard InChI is InChI=1S/C18H19FN8O/c19-12-9-27(10-12)14-2-1-13-15(24-14)17(26-3-5-28-6-4-26)25-16(23-13)11-7-21-18(20)22-8-11/h1-2,7-8,12H,3-6,9-10H2,(H2,20,21,22). The molecule has 10 heteroatoms. The lowest BCUT2D eigenvalue weighted by atomic mass is 10.2. The van der Waals surface area contributed by atoms with Crippen LogP contribution in [0.3, 0.4) is 0 Å². The highest BCUT2D eigenvalue weighted by Gasteiger charge is 2.28. The minimum Gasteiger partial charge on any atom is -0.378 e. The van der Waals surface area contributed by atoms with E-state index in [1.807, 2.05) is 17.0 Å². The number of morpholine rings is 1. The average molecular weight is 382 g/mol. The molecule has 0 bridgehead atoms. The molecule has 0 saturated carbocycles. The van der Waals surface area contributed by atoms with E-state index in [1.54, 1.807) is 12.4 Å². The van der Waals surface area contributed by atoms with Crippen molar-refractivity contribution < 1.29 is 9.13 Å². The molecule has 0 amide bonds. The molecular formula is C18H19FN8O. The van der Waals surface area contributed by atoms with Crippen molar-refractivity contribution in [3.63, 3.8) is 0 Å². The number of alkyl halides is 1. The van der Waals surface area contributed by atoms with E-state index >= 15 is 0 Å². The second kappa shape index (κ2) is 6.79. The summed E-state index contributed by atoms with van der Waals surface area (Å²) < 4.78 is 18.7. The molecule has 5 rings (SSSR count). The van der Waals surface area contributed by atoms with Crippen LogP contribution < -0.4 is 15.5 Å². The molecule has 2 N–H and O–H groups in total. The highest BCUT2D eigenvalue weighted by Crippen LogP contribution is 2.30. The minimum atomic E-state index is -0.791. The fourth-order valence-electron chi connectivity index (χ4n) is 3.35. The van der Waals surface area contributed by atoms with E-state index in [0.29, 0.717) is 61.8 Å². The topological polar surface area (TPSA) is 106 Å². The Morgan fingerprint density at radius 2 is 1.75 bits per heavy atom. The van der Waals surface area contributed by atoms with Crippen molar-refractivity contribution in [1.82, 2.24) is 24.9 Å². The molecule has 0 unspecified atom stereocenters. The predicted octanol–water partition coefficient (Wildman–Crippen LogP) is 1.06. The van der Waals surface area contributed by atoms with Crippen molar-refractivity contribution in [3.8, 4) is 11.4 Å². The van der Waals surface area contributed by atoms with Gasteiger partial charge in [-0.3, -0.25) is 0 Å². The van der Waals surface area contributed by atoms with Crippen LogP contribution in [-0.4, -0.2) is 70.5 Å². The fourth-order valence-corrected chi connectivity index (χ4v) is 3.35. The number of nitrogen functional groups attached to an aromatic ring is 1. The molecule has 3 aromatic rings. The number of pyridine rings is 1. The number of fused-ring (bicyclic) bond motifs is 1. The lowest BCUT2D eigenvalue weighted by Gasteiger charge is -2.35. The molecule has 5 heterocycles. The van der Waals surface area contributed by atoms with Crippen LogP contribution in [0.5, 0.6) is 0 Å². The summed E-state index contributed by atoms with van der Waals surface area (Å²) in [7, 11) is 0. The van der Waals surface area contributed by atoms with Crippen LogP contribution in [-0.2, 0) is 4.74 Å². The summed E-state index contributed by atoms with van der Waals surface area (Å²) in [5.74, 6) is 2.18. The van der Waals surface area contributed by atoms with Gasteiger partial charge < -0.3 is 20.3 Å². The smallest absolute Gasteiger partial charge is 0.219 e. The fraction of sp³-hybridized carbons (Fsp3) is 0.389. The molecular weight excluding hydrogens is 363 g/mol. The van der Waals surface area contributed by atoms with E-state index in [1.165, 1.54) is 0 Å². The van der Waals surface area contributed by atoms with Gasteiger partial charge >= 0.3 is 0 Å². The largest absolute Gasteiger partial charge is 0.378 e. The van der Waals surface area contributed by atoms with Gasteiger partial charge in [0, 0.05) is 25.5 Å². The second-order valence-corrected chi connectivity index (χ2v) is 6.84. The van der Waals surface area contributed by atoms with Crippen LogP contribution in [0.25, 0.3) is 22.4 Å². The van der Waals surface area contributed by atoms with E-state index in [-0.39, 0.29) is 5.95 Å². The third kappa shape index (κ3) is 3.05. The number of nitrogens with zero attached hydrogens (tertiary/aromatic N) is 7. The summed E-state index contributed by atoms with van der Waals surface area (Å²) in [5.41, 5.74) is 7.68. The highest BCUT2D eigenvalue weighted by molar-refractivity contribution is 5.89. The van der Waals surface area contributed by atoms with Crippen LogP contribution in [0.2, 0.25) is 0 Å². The zero-order valence-electron chi connectivity index (χ0n) is 15.1. The maximum absolute atomic E-state index is 13.3. The molecule has 0 radical (unpaired) electrons. The van der Waals surface area contributed by atoms with Gasteiger partial charge in [-0.1, -0.05) is 0 Å². The van der Waals surface area contributed by atoms with Gasteiger partial charge in [0.1, 0.15) is 17.5 Å². The predicted molar refractivity (Wildman–Crippen MR) is 103 cm³/mol. The summed E-state index contributed by atoms with van der Waals surface area (Å²) in [4.78, 5) is 26.3. The number of rotatable bonds is 3. The molecule has 2 saturated heterocycles. The Morgan fingerprint density at radius 1 is 1.00 bits per heavy atom. The first-order valence-electron chi connectivity index (χ1n) is 9.16. The SMILES string of the molecule is Nc1ncc(-c2nc(N3CCOCC3)c3nc(N4CC(F)C4)ccc3n2)cn1. The Kier molecular flexibility index (Phi) is 4.12. The lowest BCUT2D eigenvalue weighted by molar-refractivity contribution is 0.122. The van der Waals surface area contributed by atoms with Gasteiger partial charge in [-0.05, 0) is 12.1 Å². The average Bonchev–Trinajstić information content (AvgIpc) is 2.71. The van der Waals surface area contributed by atoms with Gasteiger partial charge in [0.25, 0.3) is 0 Å².